The lowest BCUT2D eigenvalue weighted by Gasteiger charge is -2.25. The number of hydrogen-bond donors (Lipinski definition) is 1. The molecule has 0 amide bonds. The van der Waals surface area contributed by atoms with Crippen molar-refractivity contribution in [2.75, 3.05) is 19.0 Å². The maximum Gasteiger partial charge on any atom is 0.198 e. The standard InChI is InChI=1S/C11H16ClN3O/c1-16-9-10(12)14-7-15-11(9)13-6-5-8-3-2-4-8/h7-8H,2-6H2,1H3,(H,13,14,15). The van der Waals surface area contributed by atoms with Crippen LogP contribution in [0.3, 0.4) is 0 Å². The van der Waals surface area contributed by atoms with Crippen molar-refractivity contribution in [3.63, 3.8) is 0 Å². The Bertz CT molecular complexity index is 355. The van der Waals surface area contributed by atoms with Crippen LogP contribution < -0.4 is 10.1 Å². The van der Waals surface area contributed by atoms with E-state index in [1.54, 1.807) is 7.11 Å². The maximum absolute atomic E-state index is 5.89. The van der Waals surface area contributed by atoms with Crippen molar-refractivity contribution in [3.05, 3.63) is 11.5 Å². The van der Waals surface area contributed by atoms with E-state index in [0.717, 1.165) is 12.5 Å². The molecule has 0 bridgehead atoms. The number of nitrogens with one attached hydrogen (secondary N) is 1. The molecular formula is C11H16ClN3O. The molecule has 2 rings (SSSR count). The summed E-state index contributed by atoms with van der Waals surface area (Å²) in [4.78, 5) is 7.99. The zero-order valence-corrected chi connectivity index (χ0v) is 10.1. The van der Waals surface area contributed by atoms with E-state index < -0.39 is 0 Å². The number of rotatable bonds is 5. The lowest BCUT2D eigenvalue weighted by Crippen LogP contribution is -2.16. The molecule has 0 saturated heterocycles. The lowest BCUT2D eigenvalue weighted by molar-refractivity contribution is 0.302. The second-order valence-electron chi connectivity index (χ2n) is 4.06. The molecule has 4 nitrogen and oxygen atoms in total. The minimum Gasteiger partial charge on any atom is -0.490 e. The summed E-state index contributed by atoms with van der Waals surface area (Å²) >= 11 is 5.89. The van der Waals surface area contributed by atoms with Gasteiger partial charge >= 0.3 is 0 Å². The van der Waals surface area contributed by atoms with Gasteiger partial charge in [0, 0.05) is 6.54 Å². The number of methoxy groups -OCH3 is 1. The quantitative estimate of drug-likeness (QED) is 0.806. The summed E-state index contributed by atoms with van der Waals surface area (Å²) in [6.07, 6.45) is 6.74. The van der Waals surface area contributed by atoms with E-state index in [1.807, 2.05) is 0 Å². The predicted octanol–water partition coefficient (Wildman–Crippen LogP) is 2.74. The summed E-state index contributed by atoms with van der Waals surface area (Å²) in [5.41, 5.74) is 0. The second kappa shape index (κ2) is 5.34. The molecule has 0 spiro atoms. The van der Waals surface area contributed by atoms with Crippen molar-refractivity contribution in [2.45, 2.75) is 25.7 Å². The summed E-state index contributed by atoms with van der Waals surface area (Å²) in [6, 6.07) is 0. The number of halogens is 1. The molecule has 1 N–H and O–H groups in total. The Morgan fingerprint density at radius 2 is 2.31 bits per heavy atom. The molecule has 1 heterocycles. The Morgan fingerprint density at radius 3 is 2.94 bits per heavy atom. The Balaban J connectivity index is 1.89. The summed E-state index contributed by atoms with van der Waals surface area (Å²) in [7, 11) is 1.57. The van der Waals surface area contributed by atoms with Crippen LogP contribution in [-0.2, 0) is 0 Å². The third-order valence-corrected chi connectivity index (χ3v) is 3.30. The van der Waals surface area contributed by atoms with Gasteiger partial charge < -0.3 is 10.1 Å². The van der Waals surface area contributed by atoms with Crippen molar-refractivity contribution in [3.8, 4) is 5.75 Å². The molecule has 5 heteroatoms. The zero-order valence-electron chi connectivity index (χ0n) is 9.37. The van der Waals surface area contributed by atoms with Crippen LogP contribution in [0.25, 0.3) is 0 Å². The summed E-state index contributed by atoms with van der Waals surface area (Å²) in [5.74, 6) is 2.09. The van der Waals surface area contributed by atoms with Gasteiger partial charge in [0.05, 0.1) is 7.11 Å². The van der Waals surface area contributed by atoms with Gasteiger partial charge in [-0.05, 0) is 12.3 Å². The van der Waals surface area contributed by atoms with Gasteiger partial charge in [-0.1, -0.05) is 30.9 Å². The fourth-order valence-electron chi connectivity index (χ4n) is 1.84. The smallest absolute Gasteiger partial charge is 0.198 e. The van der Waals surface area contributed by atoms with Crippen molar-refractivity contribution in [1.82, 2.24) is 9.97 Å². The molecule has 0 aliphatic heterocycles. The Hall–Kier alpha value is -1.03. The summed E-state index contributed by atoms with van der Waals surface area (Å²) < 4.78 is 5.15. The molecule has 1 aromatic heterocycles. The average molecular weight is 242 g/mol. The predicted molar refractivity (Wildman–Crippen MR) is 64.0 cm³/mol. The highest BCUT2D eigenvalue weighted by Gasteiger charge is 2.17. The van der Waals surface area contributed by atoms with Crippen LogP contribution in [-0.4, -0.2) is 23.6 Å². The van der Waals surface area contributed by atoms with Crippen LogP contribution in [0.2, 0.25) is 5.15 Å². The molecule has 0 atom stereocenters. The molecule has 1 aliphatic carbocycles. The second-order valence-corrected chi connectivity index (χ2v) is 4.42. The van der Waals surface area contributed by atoms with Gasteiger partial charge in [-0.25, -0.2) is 9.97 Å². The highest BCUT2D eigenvalue weighted by molar-refractivity contribution is 6.31. The molecule has 88 valence electrons. The van der Waals surface area contributed by atoms with Crippen molar-refractivity contribution in [2.24, 2.45) is 5.92 Å². The van der Waals surface area contributed by atoms with Crippen LogP contribution in [0.5, 0.6) is 5.75 Å². The first kappa shape index (κ1) is 11.5. The van der Waals surface area contributed by atoms with Crippen LogP contribution in [0.15, 0.2) is 6.33 Å². The van der Waals surface area contributed by atoms with Gasteiger partial charge in [0.15, 0.2) is 16.7 Å². The van der Waals surface area contributed by atoms with Gasteiger partial charge in [-0.3, -0.25) is 0 Å². The minimum atomic E-state index is 0.351. The minimum absolute atomic E-state index is 0.351. The number of hydrogen-bond acceptors (Lipinski definition) is 4. The SMILES string of the molecule is COc1c(Cl)ncnc1NCCC1CCC1. The molecular weight excluding hydrogens is 226 g/mol. The van der Waals surface area contributed by atoms with Crippen molar-refractivity contribution in [1.29, 1.82) is 0 Å². The Labute approximate surface area is 100 Å². The fourth-order valence-corrected chi connectivity index (χ4v) is 2.05. The average Bonchev–Trinajstić information content (AvgIpc) is 2.22. The van der Waals surface area contributed by atoms with E-state index in [9.17, 15) is 0 Å². The normalized spacial score (nSPS) is 15.6. The molecule has 0 aromatic carbocycles. The molecule has 1 aromatic rings. The Morgan fingerprint density at radius 1 is 1.50 bits per heavy atom. The van der Waals surface area contributed by atoms with Crippen molar-refractivity contribution >= 4 is 17.4 Å². The van der Waals surface area contributed by atoms with Crippen molar-refractivity contribution < 1.29 is 4.74 Å². The lowest BCUT2D eigenvalue weighted by atomic mass is 9.83. The highest BCUT2D eigenvalue weighted by Crippen LogP contribution is 2.31. The van der Waals surface area contributed by atoms with Crippen LogP contribution in [0.1, 0.15) is 25.7 Å². The maximum atomic E-state index is 5.89. The molecule has 1 saturated carbocycles. The van der Waals surface area contributed by atoms with Gasteiger partial charge in [0.1, 0.15) is 6.33 Å². The van der Waals surface area contributed by atoms with Gasteiger partial charge in [0.2, 0.25) is 0 Å². The van der Waals surface area contributed by atoms with Gasteiger partial charge in [0.25, 0.3) is 0 Å². The molecule has 16 heavy (non-hydrogen) atoms. The molecule has 0 radical (unpaired) electrons. The molecule has 0 unspecified atom stereocenters. The van der Waals surface area contributed by atoms with Crippen LogP contribution in [0, 0.1) is 5.92 Å². The van der Waals surface area contributed by atoms with E-state index in [-0.39, 0.29) is 0 Å². The third kappa shape index (κ3) is 2.55. The zero-order chi connectivity index (χ0) is 11.4. The number of aromatic nitrogens is 2. The van der Waals surface area contributed by atoms with E-state index in [1.165, 1.54) is 32.0 Å². The van der Waals surface area contributed by atoms with Crippen LogP contribution in [0.4, 0.5) is 5.82 Å². The van der Waals surface area contributed by atoms with Gasteiger partial charge in [-0.2, -0.15) is 0 Å². The third-order valence-electron chi connectivity index (χ3n) is 3.03. The number of nitrogens with zero attached hydrogens (tertiary/aromatic N) is 2. The largest absolute Gasteiger partial charge is 0.490 e. The fraction of sp³-hybridized carbons (Fsp3) is 0.636. The first-order valence-electron chi connectivity index (χ1n) is 5.59. The first-order chi connectivity index (χ1) is 7.81. The van der Waals surface area contributed by atoms with Crippen LogP contribution >= 0.6 is 11.6 Å². The summed E-state index contributed by atoms with van der Waals surface area (Å²) in [6.45, 7) is 0.911. The van der Waals surface area contributed by atoms with E-state index in [0.29, 0.717) is 16.7 Å². The van der Waals surface area contributed by atoms with Gasteiger partial charge in [-0.15, -0.1) is 0 Å². The van der Waals surface area contributed by atoms with E-state index >= 15 is 0 Å². The topological polar surface area (TPSA) is 47.0 Å². The van der Waals surface area contributed by atoms with E-state index in [2.05, 4.69) is 15.3 Å². The number of ether oxygens (including phenoxy) is 1. The monoisotopic (exact) mass is 241 g/mol. The molecule has 1 fully saturated rings. The number of anilines is 1. The van der Waals surface area contributed by atoms with E-state index in [4.69, 9.17) is 16.3 Å². The Kier molecular flexibility index (Phi) is 3.83. The summed E-state index contributed by atoms with van der Waals surface area (Å²) in [5, 5.41) is 3.59. The first-order valence-corrected chi connectivity index (χ1v) is 5.97. The highest BCUT2D eigenvalue weighted by atomic mass is 35.5. The molecule has 1 aliphatic rings.